The summed E-state index contributed by atoms with van der Waals surface area (Å²) in [4.78, 5) is 12.2. The molecule has 0 unspecified atom stereocenters. The number of hydrogen-bond donors (Lipinski definition) is 1. The maximum atomic E-state index is 12.2. The smallest absolute Gasteiger partial charge is 0.244 e. The third kappa shape index (κ3) is 4.53. The molecule has 1 amide bonds. The number of benzene rings is 3. The lowest BCUT2D eigenvalue weighted by atomic mass is 10.0. The van der Waals surface area contributed by atoms with Crippen LogP contribution in [0.15, 0.2) is 59.7 Å². The van der Waals surface area contributed by atoms with Crippen molar-refractivity contribution in [2.45, 2.75) is 27.2 Å². The Morgan fingerprint density at radius 1 is 1.07 bits per heavy atom. The van der Waals surface area contributed by atoms with E-state index in [-0.39, 0.29) is 5.91 Å². The summed E-state index contributed by atoms with van der Waals surface area (Å²) in [6.45, 7) is 6.62. The van der Waals surface area contributed by atoms with E-state index < -0.39 is 0 Å². The number of rotatable bonds is 6. The number of hydrazone groups is 1. The number of amides is 1. The maximum absolute atomic E-state index is 12.2. The van der Waals surface area contributed by atoms with Crippen molar-refractivity contribution in [1.29, 1.82) is 0 Å². The van der Waals surface area contributed by atoms with Gasteiger partial charge in [0.15, 0.2) is 0 Å². The molecule has 0 atom stereocenters. The molecule has 0 heterocycles. The van der Waals surface area contributed by atoms with Gasteiger partial charge < -0.3 is 4.74 Å². The van der Waals surface area contributed by atoms with E-state index in [1.807, 2.05) is 68.4 Å². The molecule has 3 rings (SSSR count). The fourth-order valence-electron chi connectivity index (χ4n) is 3.00. The molecule has 27 heavy (non-hydrogen) atoms. The number of hydrogen-bond acceptors (Lipinski definition) is 3. The summed E-state index contributed by atoms with van der Waals surface area (Å²) < 4.78 is 5.72. The predicted molar refractivity (Wildman–Crippen MR) is 110 cm³/mol. The van der Waals surface area contributed by atoms with Crippen molar-refractivity contribution in [3.63, 3.8) is 0 Å². The van der Waals surface area contributed by atoms with E-state index >= 15 is 0 Å². The average Bonchev–Trinajstić information content (AvgIpc) is 2.66. The van der Waals surface area contributed by atoms with Gasteiger partial charge in [-0.2, -0.15) is 5.10 Å². The fourth-order valence-corrected chi connectivity index (χ4v) is 3.00. The summed E-state index contributed by atoms with van der Waals surface area (Å²) >= 11 is 0. The van der Waals surface area contributed by atoms with Crippen LogP contribution in [-0.2, 0) is 11.2 Å². The number of nitrogens with zero attached hydrogens (tertiary/aromatic N) is 1. The quantitative estimate of drug-likeness (QED) is 0.518. The van der Waals surface area contributed by atoms with E-state index in [1.54, 1.807) is 6.21 Å². The zero-order valence-electron chi connectivity index (χ0n) is 16.0. The predicted octanol–water partition coefficient (Wildman–Crippen LogP) is 4.55. The van der Waals surface area contributed by atoms with Gasteiger partial charge in [-0.15, -0.1) is 0 Å². The van der Waals surface area contributed by atoms with E-state index in [0.717, 1.165) is 27.6 Å². The van der Waals surface area contributed by atoms with Crippen LogP contribution in [0, 0.1) is 13.8 Å². The first-order valence-electron chi connectivity index (χ1n) is 9.11. The van der Waals surface area contributed by atoms with E-state index in [0.29, 0.717) is 13.0 Å². The van der Waals surface area contributed by atoms with Gasteiger partial charge in [0.05, 0.1) is 19.2 Å². The average molecular weight is 360 g/mol. The molecule has 4 nitrogen and oxygen atoms in total. The lowest BCUT2D eigenvalue weighted by molar-refractivity contribution is -0.120. The van der Waals surface area contributed by atoms with Crippen molar-refractivity contribution in [2.24, 2.45) is 5.10 Å². The number of fused-ring (bicyclic) bond motifs is 1. The van der Waals surface area contributed by atoms with Crippen LogP contribution in [0.25, 0.3) is 10.8 Å². The molecule has 0 spiro atoms. The van der Waals surface area contributed by atoms with Gasteiger partial charge in [-0.3, -0.25) is 4.79 Å². The monoisotopic (exact) mass is 360 g/mol. The first-order chi connectivity index (χ1) is 13.1. The topological polar surface area (TPSA) is 50.7 Å². The summed E-state index contributed by atoms with van der Waals surface area (Å²) in [5.74, 6) is 0.607. The van der Waals surface area contributed by atoms with Crippen molar-refractivity contribution in [3.05, 3.63) is 76.9 Å². The first-order valence-corrected chi connectivity index (χ1v) is 9.11. The summed E-state index contributed by atoms with van der Waals surface area (Å²) in [5, 5.41) is 6.30. The summed E-state index contributed by atoms with van der Waals surface area (Å²) in [5.41, 5.74) is 6.86. The van der Waals surface area contributed by atoms with Gasteiger partial charge in [-0.25, -0.2) is 5.43 Å². The minimum atomic E-state index is -0.146. The van der Waals surface area contributed by atoms with Crippen molar-refractivity contribution < 1.29 is 9.53 Å². The third-order valence-corrected chi connectivity index (χ3v) is 4.55. The van der Waals surface area contributed by atoms with Crippen molar-refractivity contribution in [3.8, 4) is 5.75 Å². The Balaban J connectivity index is 1.76. The first kappa shape index (κ1) is 18.6. The van der Waals surface area contributed by atoms with Crippen LogP contribution in [0.1, 0.15) is 29.2 Å². The zero-order chi connectivity index (χ0) is 19.2. The molecule has 1 N–H and O–H groups in total. The molecule has 0 fully saturated rings. The second kappa shape index (κ2) is 8.49. The van der Waals surface area contributed by atoms with Crippen molar-refractivity contribution >= 4 is 22.9 Å². The molecule has 4 heteroatoms. The second-order valence-corrected chi connectivity index (χ2v) is 6.52. The third-order valence-electron chi connectivity index (χ3n) is 4.55. The zero-order valence-corrected chi connectivity index (χ0v) is 16.0. The Kier molecular flexibility index (Phi) is 5.87. The highest BCUT2D eigenvalue weighted by Gasteiger charge is 2.07. The Morgan fingerprint density at radius 2 is 1.89 bits per heavy atom. The van der Waals surface area contributed by atoms with Crippen LogP contribution >= 0.6 is 0 Å². The van der Waals surface area contributed by atoms with Gasteiger partial charge in [0.1, 0.15) is 5.75 Å². The van der Waals surface area contributed by atoms with Crippen LogP contribution in [0.2, 0.25) is 0 Å². The lowest BCUT2D eigenvalue weighted by Crippen LogP contribution is -2.20. The molecule has 0 radical (unpaired) electrons. The highest BCUT2D eigenvalue weighted by Crippen LogP contribution is 2.26. The molecule has 0 saturated heterocycles. The van der Waals surface area contributed by atoms with Crippen LogP contribution in [-0.4, -0.2) is 18.7 Å². The number of carbonyl (C=O) groups is 1. The fraction of sp³-hybridized carbons (Fsp3) is 0.217. The molecule has 0 aromatic heterocycles. The summed E-state index contributed by atoms with van der Waals surface area (Å²) in [7, 11) is 0. The molecule has 138 valence electrons. The SMILES string of the molecule is CCOc1ccc2ccccc2c1/C=N\NC(=O)Cc1ccc(C)c(C)c1. The molecule has 0 aliphatic heterocycles. The van der Waals surface area contributed by atoms with Gasteiger partial charge >= 0.3 is 0 Å². The molecule has 0 aliphatic rings. The highest BCUT2D eigenvalue weighted by molar-refractivity contribution is 6.02. The van der Waals surface area contributed by atoms with Gasteiger partial charge in [0.25, 0.3) is 0 Å². The Morgan fingerprint density at radius 3 is 2.67 bits per heavy atom. The van der Waals surface area contributed by atoms with E-state index in [9.17, 15) is 4.79 Å². The van der Waals surface area contributed by atoms with Crippen LogP contribution in [0.3, 0.4) is 0 Å². The van der Waals surface area contributed by atoms with E-state index in [4.69, 9.17) is 4.74 Å². The van der Waals surface area contributed by atoms with Gasteiger partial charge in [-0.05, 0) is 54.3 Å². The van der Waals surface area contributed by atoms with Crippen molar-refractivity contribution in [2.75, 3.05) is 6.61 Å². The maximum Gasteiger partial charge on any atom is 0.244 e. The molecule has 3 aromatic rings. The molecule has 0 saturated carbocycles. The lowest BCUT2D eigenvalue weighted by Gasteiger charge is -2.10. The number of ether oxygens (including phenoxy) is 1. The Bertz CT molecular complexity index is 993. The Hall–Kier alpha value is -3.14. The van der Waals surface area contributed by atoms with Crippen LogP contribution in [0.4, 0.5) is 0 Å². The number of nitrogens with one attached hydrogen (secondary N) is 1. The van der Waals surface area contributed by atoms with Gasteiger partial charge in [-0.1, -0.05) is 48.5 Å². The van der Waals surface area contributed by atoms with Gasteiger partial charge in [0, 0.05) is 5.56 Å². The largest absolute Gasteiger partial charge is 0.493 e. The van der Waals surface area contributed by atoms with E-state index in [1.165, 1.54) is 11.1 Å². The highest BCUT2D eigenvalue weighted by atomic mass is 16.5. The summed E-state index contributed by atoms with van der Waals surface area (Å²) in [6.07, 6.45) is 1.96. The molecular formula is C23H24N2O2. The Labute approximate surface area is 159 Å². The minimum absolute atomic E-state index is 0.146. The number of carbonyl (C=O) groups excluding carboxylic acids is 1. The number of aryl methyl sites for hydroxylation is 2. The van der Waals surface area contributed by atoms with Crippen LogP contribution in [0.5, 0.6) is 5.75 Å². The minimum Gasteiger partial charge on any atom is -0.493 e. The van der Waals surface area contributed by atoms with Crippen LogP contribution < -0.4 is 10.2 Å². The van der Waals surface area contributed by atoms with E-state index in [2.05, 4.69) is 17.5 Å². The molecule has 0 bridgehead atoms. The second-order valence-electron chi connectivity index (χ2n) is 6.52. The van der Waals surface area contributed by atoms with Gasteiger partial charge in [0.2, 0.25) is 5.91 Å². The standard InChI is InChI=1S/C23H24N2O2/c1-4-27-22-12-11-19-7-5-6-8-20(19)21(22)15-24-25-23(26)14-18-10-9-16(2)17(3)13-18/h5-13,15H,4,14H2,1-3H3,(H,25,26)/b24-15-. The molecule has 0 aliphatic carbocycles. The molecular weight excluding hydrogens is 336 g/mol. The summed E-state index contributed by atoms with van der Waals surface area (Å²) in [6, 6.07) is 18.0. The normalized spacial score (nSPS) is 11.1. The van der Waals surface area contributed by atoms with Crippen molar-refractivity contribution in [1.82, 2.24) is 5.43 Å². The molecule has 3 aromatic carbocycles.